The molecule has 5 heteroatoms. The third kappa shape index (κ3) is 1.78. The van der Waals surface area contributed by atoms with Crippen LogP contribution in [0.4, 0.5) is 10.1 Å². The summed E-state index contributed by atoms with van der Waals surface area (Å²) in [4.78, 5) is 4.59. The lowest BCUT2D eigenvalue weighted by molar-refractivity contribution is 0.633. The first-order chi connectivity index (χ1) is 8.61. The van der Waals surface area contributed by atoms with E-state index in [0.717, 1.165) is 24.1 Å². The largest absolute Gasteiger partial charge is 0.323 e. The summed E-state index contributed by atoms with van der Waals surface area (Å²) in [6.45, 7) is 1.93. The Kier molecular flexibility index (Phi) is 2.75. The molecule has 1 aliphatic carbocycles. The summed E-state index contributed by atoms with van der Waals surface area (Å²) in [5.41, 5.74) is 5.82. The first-order valence-corrected chi connectivity index (χ1v) is 6.67. The lowest BCUT2D eigenvalue weighted by Gasteiger charge is -2.12. The van der Waals surface area contributed by atoms with Crippen LogP contribution in [0.3, 0.4) is 0 Å². The average Bonchev–Trinajstić information content (AvgIpc) is 3.18. The zero-order valence-corrected chi connectivity index (χ0v) is 11.5. The lowest BCUT2D eigenvalue weighted by Crippen LogP contribution is -2.09. The minimum atomic E-state index is -0.321. The zero-order chi connectivity index (χ0) is 12.9. The van der Waals surface area contributed by atoms with Gasteiger partial charge in [0, 0.05) is 11.6 Å². The number of nitrogens with zero attached hydrogens (tertiary/aromatic N) is 1. The molecule has 0 amide bonds. The summed E-state index contributed by atoms with van der Waals surface area (Å²) in [5, 5.41) is 0.453. The highest BCUT2D eigenvalue weighted by Crippen LogP contribution is 2.42. The number of pyridine rings is 1. The highest BCUT2D eigenvalue weighted by molar-refractivity contribution is 9.10. The van der Waals surface area contributed by atoms with Gasteiger partial charge in [-0.05, 0) is 53.4 Å². The Hall–Kier alpha value is -1.20. The van der Waals surface area contributed by atoms with Crippen molar-refractivity contribution in [3.05, 3.63) is 33.7 Å². The van der Waals surface area contributed by atoms with Crippen molar-refractivity contribution in [3.63, 3.8) is 0 Å². The van der Waals surface area contributed by atoms with E-state index < -0.39 is 0 Å². The molecule has 1 aliphatic rings. The van der Waals surface area contributed by atoms with E-state index in [9.17, 15) is 4.39 Å². The summed E-state index contributed by atoms with van der Waals surface area (Å²) in [6.07, 6.45) is 2.31. The van der Waals surface area contributed by atoms with Crippen molar-refractivity contribution in [2.45, 2.75) is 25.7 Å². The fraction of sp³-hybridized carbons (Fsp3) is 0.308. The number of nitrogens with two attached hydrogens (primary N) is 1. The molecule has 0 spiro atoms. The topological polar surface area (TPSA) is 50.9 Å². The summed E-state index contributed by atoms with van der Waals surface area (Å²) in [6, 6.07) is 3.61. The number of nitrogen functional groups attached to an aromatic ring is 1. The predicted molar refractivity (Wildman–Crippen MR) is 73.9 cm³/mol. The Labute approximate surface area is 113 Å². The quantitative estimate of drug-likeness (QED) is 0.658. The van der Waals surface area contributed by atoms with Crippen LogP contribution < -0.4 is 11.3 Å². The number of aryl methyl sites for hydroxylation is 1. The van der Waals surface area contributed by atoms with Gasteiger partial charge in [0.05, 0.1) is 21.1 Å². The Morgan fingerprint density at radius 1 is 1.44 bits per heavy atom. The lowest BCUT2D eigenvalue weighted by atomic mass is 10.1. The van der Waals surface area contributed by atoms with Crippen LogP contribution >= 0.6 is 15.9 Å². The number of rotatable bonds is 2. The Balaban J connectivity index is 2.38. The van der Waals surface area contributed by atoms with E-state index in [2.05, 4.69) is 26.3 Å². The second-order valence-electron chi connectivity index (χ2n) is 4.73. The first-order valence-electron chi connectivity index (χ1n) is 5.87. The predicted octanol–water partition coefficient (Wildman–Crippen LogP) is 3.61. The van der Waals surface area contributed by atoms with Crippen LogP contribution in [0.2, 0.25) is 0 Å². The number of halogens is 2. The maximum absolute atomic E-state index is 14.2. The highest BCUT2D eigenvalue weighted by atomic mass is 79.9. The molecule has 3 nitrogen and oxygen atoms in total. The summed E-state index contributed by atoms with van der Waals surface area (Å²) in [5.74, 6) is 5.70. The van der Waals surface area contributed by atoms with Crippen molar-refractivity contribution in [2.24, 2.45) is 5.84 Å². The molecule has 2 aromatic rings. The fourth-order valence-electron chi connectivity index (χ4n) is 2.22. The Morgan fingerprint density at radius 2 is 2.17 bits per heavy atom. The van der Waals surface area contributed by atoms with Crippen LogP contribution in [0.1, 0.15) is 30.0 Å². The molecule has 18 heavy (non-hydrogen) atoms. The molecule has 3 N–H and O–H groups in total. The van der Waals surface area contributed by atoms with E-state index in [1.807, 2.05) is 13.0 Å². The number of hydrogen-bond acceptors (Lipinski definition) is 3. The smallest absolute Gasteiger partial charge is 0.148 e. The van der Waals surface area contributed by atoms with E-state index in [-0.39, 0.29) is 5.82 Å². The molecular weight excluding hydrogens is 297 g/mol. The second kappa shape index (κ2) is 4.17. The van der Waals surface area contributed by atoms with Crippen LogP contribution in [0, 0.1) is 12.7 Å². The molecule has 0 bridgehead atoms. The number of anilines is 1. The third-order valence-electron chi connectivity index (χ3n) is 3.34. The van der Waals surface area contributed by atoms with Gasteiger partial charge in [0.1, 0.15) is 5.82 Å². The van der Waals surface area contributed by atoms with Crippen LogP contribution in [0.25, 0.3) is 10.9 Å². The minimum Gasteiger partial charge on any atom is -0.323 e. The Bertz CT molecular complexity index is 638. The van der Waals surface area contributed by atoms with Crippen LogP contribution in [-0.4, -0.2) is 4.98 Å². The van der Waals surface area contributed by atoms with Crippen molar-refractivity contribution in [3.8, 4) is 0 Å². The molecule has 0 radical (unpaired) electrons. The molecule has 1 saturated carbocycles. The van der Waals surface area contributed by atoms with Gasteiger partial charge in [-0.25, -0.2) is 4.39 Å². The summed E-state index contributed by atoms with van der Waals surface area (Å²) in [7, 11) is 0. The van der Waals surface area contributed by atoms with Gasteiger partial charge < -0.3 is 5.43 Å². The van der Waals surface area contributed by atoms with Gasteiger partial charge in [-0.1, -0.05) is 0 Å². The van der Waals surface area contributed by atoms with E-state index in [1.54, 1.807) is 6.07 Å². The molecule has 0 saturated heterocycles. The van der Waals surface area contributed by atoms with Gasteiger partial charge in [0.25, 0.3) is 0 Å². The number of hydrogen-bond donors (Lipinski definition) is 2. The van der Waals surface area contributed by atoms with E-state index in [0.29, 0.717) is 27.0 Å². The molecule has 3 rings (SSSR count). The van der Waals surface area contributed by atoms with Gasteiger partial charge in [-0.15, -0.1) is 0 Å². The molecule has 94 valence electrons. The van der Waals surface area contributed by atoms with Crippen LogP contribution in [0.5, 0.6) is 0 Å². The molecule has 1 aromatic carbocycles. The van der Waals surface area contributed by atoms with Crippen molar-refractivity contribution >= 4 is 32.5 Å². The highest BCUT2D eigenvalue weighted by Gasteiger charge is 2.27. The molecule has 0 atom stereocenters. The number of benzene rings is 1. The monoisotopic (exact) mass is 309 g/mol. The van der Waals surface area contributed by atoms with Crippen LogP contribution in [-0.2, 0) is 0 Å². The molecular formula is C13H13BrFN3. The maximum atomic E-state index is 14.2. The van der Waals surface area contributed by atoms with Gasteiger partial charge in [0.15, 0.2) is 0 Å². The third-order valence-corrected chi connectivity index (χ3v) is 3.91. The Morgan fingerprint density at radius 3 is 2.78 bits per heavy atom. The van der Waals surface area contributed by atoms with Gasteiger partial charge >= 0.3 is 0 Å². The van der Waals surface area contributed by atoms with Gasteiger partial charge in [-0.2, -0.15) is 0 Å². The minimum absolute atomic E-state index is 0.321. The van der Waals surface area contributed by atoms with Gasteiger partial charge in [-0.3, -0.25) is 10.8 Å². The van der Waals surface area contributed by atoms with Crippen molar-refractivity contribution in [1.82, 2.24) is 4.98 Å². The van der Waals surface area contributed by atoms with E-state index >= 15 is 0 Å². The van der Waals surface area contributed by atoms with E-state index in [4.69, 9.17) is 5.84 Å². The molecule has 0 unspecified atom stereocenters. The fourth-order valence-corrected chi connectivity index (χ4v) is 2.76. The van der Waals surface area contributed by atoms with Crippen molar-refractivity contribution < 1.29 is 4.39 Å². The second-order valence-corrected chi connectivity index (χ2v) is 5.58. The number of hydrazine groups is 1. The number of nitrogens with one attached hydrogen (secondary N) is 1. The standard InChI is InChI=1S/C13H13BrFN3/c1-6-4-8(14)12(15)11-10(18-16)5-9(7-2-3-7)17-13(6)11/h4-5,7H,2-3,16H2,1H3,(H,17,18). The SMILES string of the molecule is Cc1cc(Br)c(F)c2c(NN)cc(C3CC3)nc12. The molecule has 1 aromatic heterocycles. The molecule has 1 fully saturated rings. The van der Waals surface area contributed by atoms with Crippen molar-refractivity contribution in [1.29, 1.82) is 0 Å². The van der Waals surface area contributed by atoms with Crippen LogP contribution in [0.15, 0.2) is 16.6 Å². The molecule has 1 heterocycles. The maximum Gasteiger partial charge on any atom is 0.148 e. The summed E-state index contributed by atoms with van der Waals surface area (Å²) < 4.78 is 14.6. The average molecular weight is 310 g/mol. The first kappa shape index (κ1) is 11.9. The zero-order valence-electron chi connectivity index (χ0n) is 9.93. The van der Waals surface area contributed by atoms with Crippen molar-refractivity contribution in [2.75, 3.05) is 5.43 Å². The molecule has 0 aliphatic heterocycles. The number of fused-ring (bicyclic) bond motifs is 1. The normalized spacial score (nSPS) is 15.1. The number of aromatic nitrogens is 1. The van der Waals surface area contributed by atoms with E-state index in [1.165, 1.54) is 0 Å². The van der Waals surface area contributed by atoms with Gasteiger partial charge in [0.2, 0.25) is 0 Å². The summed E-state index contributed by atoms with van der Waals surface area (Å²) >= 11 is 3.22.